The molecule has 1 fully saturated rings. The predicted molar refractivity (Wildman–Crippen MR) is 94.1 cm³/mol. The van der Waals surface area contributed by atoms with Gasteiger partial charge in [-0.15, -0.1) is 0 Å². The second kappa shape index (κ2) is 7.17. The number of hydrogen-bond acceptors (Lipinski definition) is 2. The van der Waals surface area contributed by atoms with Crippen LogP contribution >= 0.6 is 0 Å². The summed E-state index contributed by atoms with van der Waals surface area (Å²) in [6, 6.07) is 16.8. The molecular formula is C19H21N3O2. The van der Waals surface area contributed by atoms with Crippen LogP contribution in [0.15, 0.2) is 54.6 Å². The minimum absolute atomic E-state index is 0.0224. The first-order valence-corrected chi connectivity index (χ1v) is 8.10. The summed E-state index contributed by atoms with van der Waals surface area (Å²) in [4.78, 5) is 28.3. The first-order chi connectivity index (χ1) is 11.6. The van der Waals surface area contributed by atoms with E-state index in [9.17, 15) is 9.59 Å². The minimum atomic E-state index is -0.120. The van der Waals surface area contributed by atoms with Crippen molar-refractivity contribution in [2.75, 3.05) is 31.5 Å². The summed E-state index contributed by atoms with van der Waals surface area (Å²) < 4.78 is 0. The number of rotatable bonds is 2. The molecule has 1 heterocycles. The average molecular weight is 323 g/mol. The number of aryl methyl sites for hydroxylation is 1. The molecule has 3 amide bonds. The largest absolute Gasteiger partial charge is 0.335 e. The Hall–Kier alpha value is -2.82. The molecule has 1 aliphatic heterocycles. The van der Waals surface area contributed by atoms with Crippen molar-refractivity contribution in [1.29, 1.82) is 0 Å². The summed E-state index contributed by atoms with van der Waals surface area (Å²) in [5, 5.41) is 2.90. The molecule has 0 aliphatic carbocycles. The third kappa shape index (κ3) is 3.74. The number of carbonyl (C=O) groups excluding carboxylic acids is 2. The van der Waals surface area contributed by atoms with Crippen molar-refractivity contribution in [3.05, 3.63) is 65.7 Å². The standard InChI is InChI=1S/C19H21N3O2/c1-15-7-9-17(10-8-15)20-19(24)22-13-11-21(12-14-22)18(23)16-5-3-2-4-6-16/h2-10H,11-14H2,1H3,(H,20,24). The van der Waals surface area contributed by atoms with Crippen molar-refractivity contribution >= 4 is 17.6 Å². The zero-order valence-electron chi connectivity index (χ0n) is 13.7. The number of nitrogens with one attached hydrogen (secondary N) is 1. The monoisotopic (exact) mass is 323 g/mol. The summed E-state index contributed by atoms with van der Waals surface area (Å²) in [6.07, 6.45) is 0. The van der Waals surface area contributed by atoms with Crippen LogP contribution in [0, 0.1) is 6.92 Å². The van der Waals surface area contributed by atoms with Gasteiger partial charge in [0.2, 0.25) is 0 Å². The highest BCUT2D eigenvalue weighted by Crippen LogP contribution is 2.12. The third-order valence-corrected chi connectivity index (χ3v) is 4.18. The van der Waals surface area contributed by atoms with E-state index in [1.54, 1.807) is 9.80 Å². The van der Waals surface area contributed by atoms with Crippen molar-refractivity contribution in [1.82, 2.24) is 9.80 Å². The van der Waals surface area contributed by atoms with Gasteiger partial charge in [-0.25, -0.2) is 4.79 Å². The number of urea groups is 1. The molecule has 1 N–H and O–H groups in total. The molecule has 0 atom stereocenters. The Morgan fingerprint density at radius 1 is 0.833 bits per heavy atom. The smallest absolute Gasteiger partial charge is 0.321 e. The Labute approximate surface area is 141 Å². The zero-order valence-corrected chi connectivity index (χ0v) is 13.7. The lowest BCUT2D eigenvalue weighted by Crippen LogP contribution is -2.51. The number of piperazine rings is 1. The second-order valence-electron chi connectivity index (χ2n) is 5.94. The van der Waals surface area contributed by atoms with Crippen molar-refractivity contribution in [3.63, 3.8) is 0 Å². The molecule has 3 rings (SSSR count). The van der Waals surface area contributed by atoms with Crippen molar-refractivity contribution in [2.24, 2.45) is 0 Å². The van der Waals surface area contributed by atoms with E-state index >= 15 is 0 Å². The van der Waals surface area contributed by atoms with Gasteiger partial charge in [0.25, 0.3) is 5.91 Å². The van der Waals surface area contributed by atoms with Gasteiger partial charge in [0, 0.05) is 37.4 Å². The molecule has 5 nitrogen and oxygen atoms in total. The number of nitrogens with zero attached hydrogens (tertiary/aromatic N) is 2. The highest BCUT2D eigenvalue weighted by atomic mass is 16.2. The lowest BCUT2D eigenvalue weighted by atomic mass is 10.2. The first-order valence-electron chi connectivity index (χ1n) is 8.10. The fraction of sp³-hybridized carbons (Fsp3) is 0.263. The minimum Gasteiger partial charge on any atom is -0.335 e. The number of amides is 3. The van der Waals surface area contributed by atoms with E-state index in [1.165, 1.54) is 0 Å². The van der Waals surface area contributed by atoms with Crippen molar-refractivity contribution < 1.29 is 9.59 Å². The average Bonchev–Trinajstić information content (AvgIpc) is 2.64. The SMILES string of the molecule is Cc1ccc(NC(=O)N2CCN(C(=O)c3ccccc3)CC2)cc1. The second-order valence-corrected chi connectivity index (χ2v) is 5.94. The van der Waals surface area contributed by atoms with Crippen LogP contribution in [-0.4, -0.2) is 47.9 Å². The van der Waals surface area contributed by atoms with E-state index in [-0.39, 0.29) is 11.9 Å². The van der Waals surface area contributed by atoms with E-state index in [1.807, 2.05) is 61.5 Å². The summed E-state index contributed by atoms with van der Waals surface area (Å²) in [5.41, 5.74) is 2.63. The van der Waals surface area contributed by atoms with Crippen LogP contribution in [0.2, 0.25) is 0 Å². The number of carbonyl (C=O) groups is 2. The fourth-order valence-corrected chi connectivity index (χ4v) is 2.72. The van der Waals surface area contributed by atoms with Gasteiger partial charge in [-0.2, -0.15) is 0 Å². The Morgan fingerprint density at radius 2 is 1.42 bits per heavy atom. The number of hydrogen-bond donors (Lipinski definition) is 1. The van der Waals surface area contributed by atoms with E-state index in [0.29, 0.717) is 31.7 Å². The molecule has 2 aromatic carbocycles. The van der Waals surface area contributed by atoms with E-state index in [4.69, 9.17) is 0 Å². The Kier molecular flexibility index (Phi) is 4.79. The summed E-state index contributed by atoms with van der Waals surface area (Å²) in [7, 11) is 0. The molecule has 0 spiro atoms. The predicted octanol–water partition coefficient (Wildman–Crippen LogP) is 2.98. The van der Waals surface area contributed by atoms with E-state index in [0.717, 1.165) is 11.3 Å². The van der Waals surface area contributed by atoms with Crippen LogP contribution in [0.25, 0.3) is 0 Å². The maximum absolute atomic E-state index is 12.4. The van der Waals surface area contributed by atoms with Gasteiger partial charge in [-0.05, 0) is 31.2 Å². The first kappa shape index (κ1) is 16.1. The molecule has 5 heteroatoms. The van der Waals surface area contributed by atoms with Crippen LogP contribution in [-0.2, 0) is 0 Å². The molecule has 0 unspecified atom stereocenters. The van der Waals surface area contributed by atoms with Gasteiger partial charge in [0.1, 0.15) is 0 Å². The Balaban J connectivity index is 1.54. The van der Waals surface area contributed by atoms with Gasteiger partial charge in [-0.1, -0.05) is 35.9 Å². The molecule has 1 saturated heterocycles. The summed E-state index contributed by atoms with van der Waals surface area (Å²) in [6.45, 7) is 4.19. The van der Waals surface area contributed by atoms with Gasteiger partial charge in [-0.3, -0.25) is 4.79 Å². The molecule has 1 aliphatic rings. The van der Waals surface area contributed by atoms with Gasteiger partial charge in [0.05, 0.1) is 0 Å². The summed E-state index contributed by atoms with van der Waals surface area (Å²) in [5.74, 6) is 0.0224. The fourth-order valence-electron chi connectivity index (χ4n) is 2.72. The maximum Gasteiger partial charge on any atom is 0.321 e. The van der Waals surface area contributed by atoms with Crippen LogP contribution in [0.4, 0.5) is 10.5 Å². The molecular weight excluding hydrogens is 302 g/mol. The molecule has 0 saturated carbocycles. The maximum atomic E-state index is 12.4. The highest BCUT2D eigenvalue weighted by Gasteiger charge is 2.24. The van der Waals surface area contributed by atoms with Gasteiger partial charge >= 0.3 is 6.03 Å². The van der Waals surface area contributed by atoms with Gasteiger partial charge < -0.3 is 15.1 Å². The third-order valence-electron chi connectivity index (χ3n) is 4.18. The van der Waals surface area contributed by atoms with E-state index < -0.39 is 0 Å². The molecule has 124 valence electrons. The van der Waals surface area contributed by atoms with Crippen LogP contribution in [0.1, 0.15) is 15.9 Å². The molecule has 24 heavy (non-hydrogen) atoms. The molecule has 2 aromatic rings. The number of anilines is 1. The lowest BCUT2D eigenvalue weighted by molar-refractivity contribution is 0.0671. The molecule has 0 aromatic heterocycles. The van der Waals surface area contributed by atoms with Crippen LogP contribution in [0.3, 0.4) is 0 Å². The molecule has 0 bridgehead atoms. The zero-order chi connectivity index (χ0) is 16.9. The van der Waals surface area contributed by atoms with Crippen molar-refractivity contribution in [2.45, 2.75) is 6.92 Å². The van der Waals surface area contributed by atoms with Crippen molar-refractivity contribution in [3.8, 4) is 0 Å². The van der Waals surface area contributed by atoms with Crippen LogP contribution < -0.4 is 5.32 Å². The topological polar surface area (TPSA) is 52.7 Å². The molecule has 0 radical (unpaired) electrons. The quantitative estimate of drug-likeness (QED) is 0.924. The van der Waals surface area contributed by atoms with Crippen LogP contribution in [0.5, 0.6) is 0 Å². The number of benzene rings is 2. The van der Waals surface area contributed by atoms with Gasteiger partial charge in [0.15, 0.2) is 0 Å². The normalized spacial score (nSPS) is 14.4. The highest BCUT2D eigenvalue weighted by molar-refractivity contribution is 5.94. The Morgan fingerprint density at radius 3 is 2.04 bits per heavy atom. The lowest BCUT2D eigenvalue weighted by Gasteiger charge is -2.34. The van der Waals surface area contributed by atoms with E-state index in [2.05, 4.69) is 5.32 Å². The Bertz CT molecular complexity index is 705. The summed E-state index contributed by atoms with van der Waals surface area (Å²) >= 11 is 0.